The minimum absolute atomic E-state index is 0. The molecule has 18 heavy (non-hydrogen) atoms. The molecule has 102 valence electrons. The Labute approximate surface area is 119 Å². The van der Waals surface area contributed by atoms with Crippen LogP contribution in [0.25, 0.3) is 0 Å². The maximum Gasteiger partial charge on any atom is 0.250 e. The number of carbonyl (C=O) groups excluding carboxylic acids is 1. The van der Waals surface area contributed by atoms with Crippen molar-refractivity contribution in [1.82, 2.24) is 10.3 Å². The zero-order valence-corrected chi connectivity index (χ0v) is 11.5. The van der Waals surface area contributed by atoms with Crippen molar-refractivity contribution in [3.8, 4) is 0 Å². The van der Waals surface area contributed by atoms with E-state index in [4.69, 9.17) is 5.73 Å². The molecule has 4 N–H and O–H groups in total. The number of hydrogen-bond acceptors (Lipinski definition) is 4. The molecule has 1 saturated heterocycles. The Morgan fingerprint density at radius 2 is 2.00 bits per heavy atom. The Morgan fingerprint density at radius 1 is 1.33 bits per heavy atom. The van der Waals surface area contributed by atoms with Crippen LogP contribution in [0.5, 0.6) is 0 Å². The molecular formula is C11H18Cl2N4O. The lowest BCUT2D eigenvalue weighted by Crippen LogP contribution is -2.35. The van der Waals surface area contributed by atoms with Crippen LogP contribution in [0.1, 0.15) is 23.2 Å². The van der Waals surface area contributed by atoms with Gasteiger partial charge in [-0.2, -0.15) is 0 Å². The molecule has 0 radical (unpaired) electrons. The number of piperidine rings is 1. The van der Waals surface area contributed by atoms with Gasteiger partial charge in [0.1, 0.15) is 5.82 Å². The van der Waals surface area contributed by atoms with Gasteiger partial charge in [-0.1, -0.05) is 0 Å². The number of hydrogen-bond donors (Lipinski definition) is 3. The highest BCUT2D eigenvalue weighted by molar-refractivity contribution is 5.92. The van der Waals surface area contributed by atoms with E-state index in [2.05, 4.69) is 15.6 Å². The molecule has 0 atom stereocenters. The van der Waals surface area contributed by atoms with E-state index in [-0.39, 0.29) is 24.8 Å². The summed E-state index contributed by atoms with van der Waals surface area (Å²) in [7, 11) is 0. The van der Waals surface area contributed by atoms with Crippen molar-refractivity contribution in [1.29, 1.82) is 0 Å². The van der Waals surface area contributed by atoms with E-state index in [0.717, 1.165) is 31.7 Å². The number of halogens is 2. The Hall–Kier alpha value is -1.04. The summed E-state index contributed by atoms with van der Waals surface area (Å²) in [6, 6.07) is 3.95. The number of carbonyl (C=O) groups is 1. The van der Waals surface area contributed by atoms with Gasteiger partial charge in [-0.3, -0.25) is 4.79 Å². The van der Waals surface area contributed by atoms with Crippen LogP contribution in [-0.2, 0) is 0 Å². The van der Waals surface area contributed by atoms with E-state index in [1.807, 2.05) is 0 Å². The minimum Gasteiger partial charge on any atom is -0.367 e. The van der Waals surface area contributed by atoms with Crippen molar-refractivity contribution in [2.75, 3.05) is 18.4 Å². The molecule has 1 amide bonds. The summed E-state index contributed by atoms with van der Waals surface area (Å²) in [6.07, 6.45) is 3.70. The summed E-state index contributed by atoms with van der Waals surface area (Å²) in [4.78, 5) is 15.0. The summed E-state index contributed by atoms with van der Waals surface area (Å²) in [5, 5.41) is 6.65. The van der Waals surface area contributed by atoms with Gasteiger partial charge in [0.15, 0.2) is 0 Å². The summed E-state index contributed by atoms with van der Waals surface area (Å²) in [5.41, 5.74) is 5.58. The lowest BCUT2D eigenvalue weighted by Gasteiger charge is -2.24. The molecule has 0 bridgehead atoms. The minimum atomic E-state index is -0.444. The Morgan fingerprint density at radius 3 is 2.50 bits per heavy atom. The molecule has 1 aliphatic rings. The largest absolute Gasteiger partial charge is 0.367 e. The normalized spacial score (nSPS) is 15.1. The molecular weight excluding hydrogens is 275 g/mol. The molecule has 1 aliphatic heterocycles. The number of primary amides is 1. The summed E-state index contributed by atoms with van der Waals surface area (Å²) in [6.45, 7) is 2.08. The standard InChI is InChI=1S/C11H16N4O.2ClH/c12-11(16)8-1-2-10(14-7-8)15-9-3-5-13-6-4-9;;/h1-2,7,9,13H,3-6H2,(H2,12,16)(H,14,15);2*1H. The van der Waals surface area contributed by atoms with Gasteiger partial charge in [-0.25, -0.2) is 4.98 Å². The fraction of sp³-hybridized carbons (Fsp3) is 0.455. The second kappa shape index (κ2) is 8.13. The molecule has 7 heteroatoms. The van der Waals surface area contributed by atoms with Gasteiger partial charge >= 0.3 is 0 Å². The van der Waals surface area contributed by atoms with Crippen LogP contribution in [0.15, 0.2) is 18.3 Å². The highest BCUT2D eigenvalue weighted by atomic mass is 35.5. The van der Waals surface area contributed by atoms with Gasteiger partial charge < -0.3 is 16.4 Å². The van der Waals surface area contributed by atoms with Crippen LogP contribution in [0.2, 0.25) is 0 Å². The summed E-state index contributed by atoms with van der Waals surface area (Å²) < 4.78 is 0. The van der Waals surface area contributed by atoms with Crippen LogP contribution < -0.4 is 16.4 Å². The first-order chi connectivity index (χ1) is 7.75. The van der Waals surface area contributed by atoms with Crippen LogP contribution in [-0.4, -0.2) is 30.0 Å². The van der Waals surface area contributed by atoms with Gasteiger partial charge in [0.25, 0.3) is 0 Å². The average Bonchev–Trinajstić information content (AvgIpc) is 2.31. The molecule has 1 aromatic heterocycles. The van der Waals surface area contributed by atoms with E-state index in [9.17, 15) is 4.79 Å². The number of nitrogens with one attached hydrogen (secondary N) is 2. The van der Waals surface area contributed by atoms with E-state index in [0.29, 0.717) is 11.6 Å². The number of nitrogens with two attached hydrogens (primary N) is 1. The topological polar surface area (TPSA) is 80.0 Å². The fourth-order valence-electron chi connectivity index (χ4n) is 1.80. The average molecular weight is 293 g/mol. The quantitative estimate of drug-likeness (QED) is 0.782. The van der Waals surface area contributed by atoms with Crippen molar-refractivity contribution in [3.05, 3.63) is 23.9 Å². The summed E-state index contributed by atoms with van der Waals surface area (Å²) >= 11 is 0. The van der Waals surface area contributed by atoms with Gasteiger partial charge in [0, 0.05) is 12.2 Å². The molecule has 1 aromatic rings. The van der Waals surface area contributed by atoms with Crippen molar-refractivity contribution in [2.24, 2.45) is 5.73 Å². The van der Waals surface area contributed by atoms with Crippen LogP contribution in [0.3, 0.4) is 0 Å². The zero-order chi connectivity index (χ0) is 11.4. The first-order valence-corrected chi connectivity index (χ1v) is 5.49. The number of rotatable bonds is 3. The van der Waals surface area contributed by atoms with Gasteiger partial charge in [0.05, 0.1) is 5.56 Å². The number of pyridine rings is 1. The van der Waals surface area contributed by atoms with E-state index in [1.54, 1.807) is 12.1 Å². The maximum absolute atomic E-state index is 10.9. The van der Waals surface area contributed by atoms with Gasteiger partial charge in [-0.15, -0.1) is 24.8 Å². The zero-order valence-electron chi connectivity index (χ0n) is 9.89. The first kappa shape index (κ1) is 17.0. The van der Waals surface area contributed by atoms with Crippen molar-refractivity contribution in [3.63, 3.8) is 0 Å². The predicted octanol–water partition coefficient (Wildman–Crippen LogP) is 1.19. The Bertz CT molecular complexity index is 366. The molecule has 2 rings (SSSR count). The molecule has 0 saturated carbocycles. The molecule has 5 nitrogen and oxygen atoms in total. The number of aromatic nitrogens is 1. The molecule has 0 unspecified atom stereocenters. The third kappa shape index (κ3) is 4.68. The Balaban J connectivity index is 0.00000144. The van der Waals surface area contributed by atoms with Crippen LogP contribution >= 0.6 is 24.8 Å². The van der Waals surface area contributed by atoms with Crippen molar-refractivity contribution >= 4 is 36.5 Å². The third-order valence-electron chi connectivity index (χ3n) is 2.74. The third-order valence-corrected chi connectivity index (χ3v) is 2.74. The molecule has 0 spiro atoms. The number of amides is 1. The van der Waals surface area contributed by atoms with Crippen LogP contribution in [0, 0.1) is 0 Å². The lowest BCUT2D eigenvalue weighted by atomic mass is 10.1. The molecule has 0 aliphatic carbocycles. The van der Waals surface area contributed by atoms with Gasteiger partial charge in [0.2, 0.25) is 5.91 Å². The van der Waals surface area contributed by atoms with Gasteiger partial charge in [-0.05, 0) is 38.1 Å². The highest BCUT2D eigenvalue weighted by Crippen LogP contribution is 2.11. The van der Waals surface area contributed by atoms with E-state index < -0.39 is 5.91 Å². The molecule has 1 fully saturated rings. The van der Waals surface area contributed by atoms with Crippen molar-refractivity contribution in [2.45, 2.75) is 18.9 Å². The highest BCUT2D eigenvalue weighted by Gasteiger charge is 2.12. The Kier molecular flexibility index (Phi) is 7.66. The fourth-order valence-corrected chi connectivity index (χ4v) is 1.80. The van der Waals surface area contributed by atoms with Crippen LogP contribution in [0.4, 0.5) is 5.82 Å². The maximum atomic E-state index is 10.9. The molecule has 0 aromatic carbocycles. The monoisotopic (exact) mass is 292 g/mol. The SMILES string of the molecule is Cl.Cl.NC(=O)c1ccc(NC2CCNCC2)nc1. The van der Waals surface area contributed by atoms with E-state index >= 15 is 0 Å². The second-order valence-corrected chi connectivity index (χ2v) is 3.96. The predicted molar refractivity (Wildman–Crippen MR) is 76.8 cm³/mol. The smallest absolute Gasteiger partial charge is 0.250 e. The first-order valence-electron chi connectivity index (χ1n) is 5.49. The number of nitrogens with zero attached hydrogens (tertiary/aromatic N) is 1. The molecule has 2 heterocycles. The summed E-state index contributed by atoms with van der Waals surface area (Å²) in [5.74, 6) is 0.359. The second-order valence-electron chi connectivity index (χ2n) is 3.96. The number of anilines is 1. The van der Waals surface area contributed by atoms with E-state index in [1.165, 1.54) is 6.20 Å². The lowest BCUT2D eigenvalue weighted by molar-refractivity contribution is 0.1000. The van der Waals surface area contributed by atoms with Crippen molar-refractivity contribution < 1.29 is 4.79 Å².